The number of sulfonamides is 1. The van der Waals surface area contributed by atoms with Gasteiger partial charge in [-0.1, -0.05) is 47.6 Å². The van der Waals surface area contributed by atoms with Crippen LogP contribution >= 0.6 is 11.3 Å². The Morgan fingerprint density at radius 1 is 1.03 bits per heavy atom. The van der Waals surface area contributed by atoms with Gasteiger partial charge in [-0.2, -0.15) is 4.99 Å². The molecule has 0 aliphatic carbocycles. The molecule has 8 heteroatoms. The Labute approximate surface area is 190 Å². The summed E-state index contributed by atoms with van der Waals surface area (Å²) in [6, 6.07) is 22.2. The summed E-state index contributed by atoms with van der Waals surface area (Å²) >= 11 is 1.37. The van der Waals surface area contributed by atoms with Crippen molar-refractivity contribution in [2.75, 3.05) is 11.4 Å². The second-order valence-corrected chi connectivity index (χ2v) is 9.87. The Bertz CT molecular complexity index is 1490. The van der Waals surface area contributed by atoms with Gasteiger partial charge in [0.1, 0.15) is 0 Å². The van der Waals surface area contributed by atoms with E-state index in [2.05, 4.69) is 10.9 Å². The average molecular weight is 462 g/mol. The monoisotopic (exact) mass is 461 g/mol. The van der Waals surface area contributed by atoms with E-state index in [1.807, 2.05) is 34.9 Å². The molecule has 0 aliphatic heterocycles. The maximum atomic E-state index is 12.9. The summed E-state index contributed by atoms with van der Waals surface area (Å²) in [5.41, 5.74) is 1.74. The molecular formula is C24H19N3O3S2. The molecule has 0 N–H and O–H groups in total. The number of hydrogen-bond acceptors (Lipinski definition) is 4. The van der Waals surface area contributed by atoms with E-state index in [0.717, 1.165) is 10.2 Å². The molecule has 0 saturated carbocycles. The van der Waals surface area contributed by atoms with Gasteiger partial charge in [0.05, 0.1) is 27.3 Å². The van der Waals surface area contributed by atoms with E-state index in [-0.39, 0.29) is 10.5 Å². The number of rotatable bonds is 5. The Kier molecular flexibility index (Phi) is 5.95. The Morgan fingerprint density at radius 3 is 2.38 bits per heavy atom. The van der Waals surface area contributed by atoms with E-state index in [9.17, 15) is 13.2 Å². The normalized spacial score (nSPS) is 11.9. The zero-order valence-corrected chi connectivity index (χ0v) is 18.8. The van der Waals surface area contributed by atoms with E-state index >= 15 is 0 Å². The van der Waals surface area contributed by atoms with Crippen molar-refractivity contribution in [3.8, 4) is 12.3 Å². The lowest BCUT2D eigenvalue weighted by Gasteiger charge is -2.19. The molecule has 0 unspecified atom stereocenters. The molecule has 0 bridgehead atoms. The first-order chi connectivity index (χ1) is 15.4. The van der Waals surface area contributed by atoms with E-state index in [1.165, 1.54) is 47.0 Å². The van der Waals surface area contributed by atoms with Gasteiger partial charge in [0.25, 0.3) is 15.9 Å². The topological polar surface area (TPSA) is 71.7 Å². The lowest BCUT2D eigenvalue weighted by Crippen LogP contribution is -2.26. The molecule has 32 heavy (non-hydrogen) atoms. The lowest BCUT2D eigenvalue weighted by atomic mass is 10.2. The van der Waals surface area contributed by atoms with Gasteiger partial charge < -0.3 is 4.57 Å². The summed E-state index contributed by atoms with van der Waals surface area (Å²) < 4.78 is 29.8. The van der Waals surface area contributed by atoms with Crippen LogP contribution in [0.3, 0.4) is 0 Å². The van der Waals surface area contributed by atoms with Gasteiger partial charge in [0, 0.05) is 12.6 Å². The molecule has 1 aromatic heterocycles. The number of amides is 1. The van der Waals surface area contributed by atoms with Crippen LogP contribution in [0.1, 0.15) is 10.4 Å². The summed E-state index contributed by atoms with van der Waals surface area (Å²) in [4.78, 5) is 17.6. The number of carbonyl (C=O) groups is 1. The van der Waals surface area contributed by atoms with Crippen LogP contribution in [0, 0.1) is 12.3 Å². The summed E-state index contributed by atoms with van der Waals surface area (Å²) in [5.74, 6) is 2.12. The number of anilines is 1. The van der Waals surface area contributed by atoms with Crippen molar-refractivity contribution >= 4 is 43.2 Å². The third-order valence-corrected chi connectivity index (χ3v) is 7.77. The molecule has 0 radical (unpaired) electrons. The SMILES string of the molecule is C#CCn1c(=NC(=O)c2ccc(S(=O)(=O)N(C)c3ccccc3)cc2)sc2ccccc21. The molecule has 4 rings (SSSR count). The van der Waals surface area contributed by atoms with Crippen molar-refractivity contribution in [3.05, 3.63) is 89.2 Å². The fourth-order valence-electron chi connectivity index (χ4n) is 3.21. The maximum absolute atomic E-state index is 12.9. The Hall–Kier alpha value is -3.67. The predicted molar refractivity (Wildman–Crippen MR) is 127 cm³/mol. The van der Waals surface area contributed by atoms with Gasteiger partial charge in [-0.3, -0.25) is 9.10 Å². The number of carbonyl (C=O) groups excluding carboxylic acids is 1. The molecule has 4 aromatic rings. The van der Waals surface area contributed by atoms with Gasteiger partial charge in [-0.15, -0.1) is 6.42 Å². The van der Waals surface area contributed by atoms with Crippen molar-refractivity contribution in [2.24, 2.45) is 4.99 Å². The Morgan fingerprint density at radius 2 is 1.69 bits per heavy atom. The smallest absolute Gasteiger partial charge is 0.279 e. The van der Waals surface area contributed by atoms with Gasteiger partial charge >= 0.3 is 0 Å². The number of fused-ring (bicyclic) bond motifs is 1. The zero-order valence-electron chi connectivity index (χ0n) is 17.2. The van der Waals surface area contributed by atoms with Crippen LogP contribution in [-0.2, 0) is 16.6 Å². The van der Waals surface area contributed by atoms with Crippen molar-refractivity contribution in [2.45, 2.75) is 11.4 Å². The molecule has 0 aliphatic rings. The van der Waals surface area contributed by atoms with E-state index in [4.69, 9.17) is 6.42 Å². The number of nitrogens with zero attached hydrogens (tertiary/aromatic N) is 3. The second-order valence-electron chi connectivity index (χ2n) is 6.89. The molecule has 1 heterocycles. The number of aromatic nitrogens is 1. The molecule has 160 valence electrons. The number of thiazole rings is 1. The summed E-state index contributed by atoms with van der Waals surface area (Å²) in [7, 11) is -2.27. The number of para-hydroxylation sites is 2. The highest BCUT2D eigenvalue weighted by Gasteiger charge is 2.21. The van der Waals surface area contributed by atoms with Crippen molar-refractivity contribution < 1.29 is 13.2 Å². The van der Waals surface area contributed by atoms with Gasteiger partial charge in [0.2, 0.25) is 0 Å². The lowest BCUT2D eigenvalue weighted by molar-refractivity contribution is 0.0998. The third kappa shape index (κ3) is 4.08. The van der Waals surface area contributed by atoms with Crippen LogP contribution in [0.2, 0.25) is 0 Å². The fourth-order valence-corrected chi connectivity index (χ4v) is 5.43. The van der Waals surface area contributed by atoms with E-state index in [1.54, 1.807) is 24.3 Å². The number of hydrogen-bond donors (Lipinski definition) is 0. The van der Waals surface area contributed by atoms with E-state index < -0.39 is 15.9 Å². The highest BCUT2D eigenvalue weighted by Crippen LogP contribution is 2.22. The minimum Gasteiger partial charge on any atom is -0.305 e. The summed E-state index contributed by atoms with van der Waals surface area (Å²) in [6.07, 6.45) is 5.49. The van der Waals surface area contributed by atoms with Gasteiger partial charge in [-0.25, -0.2) is 8.42 Å². The van der Waals surface area contributed by atoms with Crippen LogP contribution in [0.4, 0.5) is 5.69 Å². The van der Waals surface area contributed by atoms with Crippen LogP contribution in [0.25, 0.3) is 10.2 Å². The Balaban J connectivity index is 1.65. The van der Waals surface area contributed by atoms with Crippen LogP contribution in [0.5, 0.6) is 0 Å². The minimum atomic E-state index is -3.76. The first-order valence-electron chi connectivity index (χ1n) is 9.67. The maximum Gasteiger partial charge on any atom is 0.279 e. The average Bonchev–Trinajstić information content (AvgIpc) is 3.16. The second kappa shape index (κ2) is 8.83. The molecule has 1 amide bonds. The molecular weight excluding hydrogens is 442 g/mol. The van der Waals surface area contributed by atoms with Crippen molar-refractivity contribution in [1.29, 1.82) is 0 Å². The summed E-state index contributed by atoms with van der Waals surface area (Å²) in [6.45, 7) is 0.291. The summed E-state index contributed by atoms with van der Waals surface area (Å²) in [5, 5.41) is 0. The van der Waals surface area contributed by atoms with Crippen molar-refractivity contribution in [3.63, 3.8) is 0 Å². The van der Waals surface area contributed by atoms with Crippen LogP contribution < -0.4 is 9.11 Å². The first kappa shape index (κ1) is 21.6. The fraction of sp³-hybridized carbons (Fsp3) is 0.0833. The van der Waals surface area contributed by atoms with Crippen molar-refractivity contribution in [1.82, 2.24) is 4.57 Å². The highest BCUT2D eigenvalue weighted by atomic mass is 32.2. The molecule has 3 aromatic carbocycles. The zero-order chi connectivity index (χ0) is 22.7. The molecule has 0 saturated heterocycles. The van der Waals surface area contributed by atoms with Crippen LogP contribution in [-0.4, -0.2) is 25.9 Å². The predicted octanol–water partition coefficient (Wildman–Crippen LogP) is 3.90. The molecule has 0 spiro atoms. The highest BCUT2D eigenvalue weighted by molar-refractivity contribution is 7.92. The minimum absolute atomic E-state index is 0.0876. The number of terminal acetylenes is 1. The molecule has 0 fully saturated rings. The quantitative estimate of drug-likeness (QED) is 0.423. The molecule has 0 atom stereocenters. The molecule has 6 nitrogen and oxygen atoms in total. The van der Waals surface area contributed by atoms with Gasteiger partial charge in [0.15, 0.2) is 4.80 Å². The largest absolute Gasteiger partial charge is 0.305 e. The standard InChI is InChI=1S/C24H19N3O3S2/c1-3-17-27-21-11-7-8-12-22(21)31-24(27)25-23(28)18-13-15-20(16-14-18)32(29,30)26(2)19-9-5-4-6-10-19/h1,4-16H,17H2,2H3. The third-order valence-electron chi connectivity index (χ3n) is 4.91. The first-order valence-corrected chi connectivity index (χ1v) is 11.9. The van der Waals surface area contributed by atoms with Crippen LogP contribution in [0.15, 0.2) is 88.8 Å². The van der Waals surface area contributed by atoms with Gasteiger partial charge in [-0.05, 0) is 48.5 Å². The number of benzene rings is 3. The van der Waals surface area contributed by atoms with E-state index in [0.29, 0.717) is 17.0 Å².